The molecule has 0 aromatic heterocycles. The summed E-state index contributed by atoms with van der Waals surface area (Å²) in [7, 11) is 0. The van der Waals surface area contributed by atoms with Gasteiger partial charge in [-0.1, -0.05) is 56.0 Å². The van der Waals surface area contributed by atoms with E-state index in [1.54, 1.807) is 6.08 Å². The van der Waals surface area contributed by atoms with Gasteiger partial charge >= 0.3 is 0 Å². The fraction of sp³-hybridized carbons (Fsp3) is 0.529. The van der Waals surface area contributed by atoms with Gasteiger partial charge in [-0.2, -0.15) is 0 Å². The molecule has 1 amide bonds. The van der Waals surface area contributed by atoms with Crippen molar-refractivity contribution in [3.8, 4) is 0 Å². The monoisotopic (exact) mass is 309 g/mol. The van der Waals surface area contributed by atoms with Crippen LogP contribution in [0.2, 0.25) is 0 Å². The SMILES string of the molecule is C=C/C=C(\C=C)CCCC(=O)SCCCCCCC(N)=O. The summed E-state index contributed by atoms with van der Waals surface area (Å²) in [5.74, 6) is 0.635. The fourth-order valence-electron chi connectivity index (χ4n) is 1.85. The number of primary amides is 1. The first-order chi connectivity index (χ1) is 10.1. The third-order valence-corrected chi connectivity index (χ3v) is 4.04. The molecular weight excluding hydrogens is 282 g/mol. The molecule has 0 spiro atoms. The summed E-state index contributed by atoms with van der Waals surface area (Å²) in [4.78, 5) is 22.2. The van der Waals surface area contributed by atoms with Gasteiger partial charge in [0.2, 0.25) is 5.91 Å². The number of hydrogen-bond acceptors (Lipinski definition) is 3. The molecule has 0 saturated carbocycles. The number of thioether (sulfide) groups is 1. The number of carbonyl (C=O) groups excluding carboxylic acids is 2. The molecule has 0 aromatic rings. The second kappa shape index (κ2) is 13.7. The highest BCUT2D eigenvalue weighted by atomic mass is 32.2. The van der Waals surface area contributed by atoms with Crippen LogP contribution in [0.5, 0.6) is 0 Å². The van der Waals surface area contributed by atoms with Gasteiger partial charge in [0.1, 0.15) is 0 Å². The number of nitrogens with two attached hydrogens (primary N) is 1. The molecule has 118 valence electrons. The average Bonchev–Trinajstić information content (AvgIpc) is 2.45. The molecule has 21 heavy (non-hydrogen) atoms. The third kappa shape index (κ3) is 13.4. The minimum atomic E-state index is -0.232. The van der Waals surface area contributed by atoms with Crippen LogP contribution in [-0.2, 0) is 9.59 Å². The average molecular weight is 309 g/mol. The second-order valence-corrected chi connectivity index (χ2v) is 6.04. The Morgan fingerprint density at radius 1 is 0.952 bits per heavy atom. The Balaban J connectivity index is 3.50. The zero-order chi connectivity index (χ0) is 15.9. The van der Waals surface area contributed by atoms with Crippen LogP contribution in [0.25, 0.3) is 0 Å². The first-order valence-electron chi connectivity index (χ1n) is 7.48. The molecule has 0 aliphatic carbocycles. The first-order valence-corrected chi connectivity index (χ1v) is 8.46. The highest BCUT2D eigenvalue weighted by molar-refractivity contribution is 8.13. The quantitative estimate of drug-likeness (QED) is 0.410. The fourth-order valence-corrected chi connectivity index (χ4v) is 2.72. The maximum Gasteiger partial charge on any atom is 0.217 e. The van der Waals surface area contributed by atoms with Crippen molar-refractivity contribution >= 4 is 22.8 Å². The van der Waals surface area contributed by atoms with Gasteiger partial charge in [-0.25, -0.2) is 0 Å². The minimum absolute atomic E-state index is 0.232. The normalized spacial score (nSPS) is 11.1. The molecule has 0 aliphatic heterocycles. The van der Waals surface area contributed by atoms with Gasteiger partial charge in [-0.15, -0.1) is 0 Å². The van der Waals surface area contributed by atoms with E-state index in [4.69, 9.17) is 5.73 Å². The molecule has 4 heteroatoms. The highest BCUT2D eigenvalue weighted by Gasteiger charge is 2.03. The van der Waals surface area contributed by atoms with Crippen LogP contribution in [0, 0.1) is 0 Å². The largest absolute Gasteiger partial charge is 0.370 e. The lowest BCUT2D eigenvalue weighted by Crippen LogP contribution is -2.09. The predicted molar refractivity (Wildman–Crippen MR) is 92.1 cm³/mol. The lowest BCUT2D eigenvalue weighted by Gasteiger charge is -2.02. The maximum atomic E-state index is 11.7. The van der Waals surface area contributed by atoms with E-state index >= 15 is 0 Å². The zero-order valence-electron chi connectivity index (χ0n) is 12.8. The third-order valence-electron chi connectivity index (χ3n) is 3.02. The van der Waals surface area contributed by atoms with E-state index < -0.39 is 0 Å². The molecule has 0 aliphatic rings. The van der Waals surface area contributed by atoms with Crippen molar-refractivity contribution in [2.75, 3.05) is 5.75 Å². The van der Waals surface area contributed by atoms with Crippen molar-refractivity contribution in [1.82, 2.24) is 0 Å². The number of rotatable bonds is 13. The van der Waals surface area contributed by atoms with Crippen LogP contribution in [0.15, 0.2) is 37.0 Å². The van der Waals surface area contributed by atoms with Gasteiger partial charge in [0.05, 0.1) is 0 Å². The topological polar surface area (TPSA) is 60.2 Å². The van der Waals surface area contributed by atoms with Gasteiger partial charge in [0.15, 0.2) is 5.12 Å². The first kappa shape index (κ1) is 19.7. The van der Waals surface area contributed by atoms with Crippen LogP contribution in [0.4, 0.5) is 0 Å². The summed E-state index contributed by atoms with van der Waals surface area (Å²) in [6.07, 6.45) is 12.2. The highest BCUT2D eigenvalue weighted by Crippen LogP contribution is 2.15. The van der Waals surface area contributed by atoms with Crippen molar-refractivity contribution in [3.63, 3.8) is 0 Å². The number of amides is 1. The molecule has 0 atom stereocenters. The van der Waals surface area contributed by atoms with Crippen molar-refractivity contribution in [2.24, 2.45) is 5.73 Å². The molecule has 0 saturated heterocycles. The van der Waals surface area contributed by atoms with Crippen molar-refractivity contribution in [1.29, 1.82) is 0 Å². The minimum Gasteiger partial charge on any atom is -0.370 e. The zero-order valence-corrected chi connectivity index (χ0v) is 13.6. The number of hydrogen-bond donors (Lipinski definition) is 1. The van der Waals surface area contributed by atoms with E-state index in [9.17, 15) is 9.59 Å². The summed E-state index contributed by atoms with van der Waals surface area (Å²) < 4.78 is 0. The van der Waals surface area contributed by atoms with Crippen LogP contribution >= 0.6 is 11.8 Å². The lowest BCUT2D eigenvalue weighted by atomic mass is 10.1. The van der Waals surface area contributed by atoms with E-state index in [-0.39, 0.29) is 11.0 Å². The maximum absolute atomic E-state index is 11.7. The van der Waals surface area contributed by atoms with Crippen molar-refractivity contribution in [3.05, 3.63) is 37.0 Å². The molecule has 0 bridgehead atoms. The Labute approximate surface area is 132 Å². The molecule has 0 radical (unpaired) electrons. The standard InChI is InChI=1S/C17H27NO2S/c1-3-10-15(4-2)11-9-13-17(20)21-14-8-6-5-7-12-16(18)19/h3-4,10H,1-2,5-9,11-14H2,(H2,18,19)/b15-10+. The Morgan fingerprint density at radius 3 is 2.29 bits per heavy atom. The summed E-state index contributed by atoms with van der Waals surface area (Å²) in [6.45, 7) is 7.39. The summed E-state index contributed by atoms with van der Waals surface area (Å²) in [5.41, 5.74) is 6.19. The number of allylic oxidation sites excluding steroid dienone is 4. The Morgan fingerprint density at radius 2 is 1.67 bits per heavy atom. The molecule has 2 N–H and O–H groups in total. The lowest BCUT2D eigenvalue weighted by molar-refractivity contribution is -0.118. The van der Waals surface area contributed by atoms with Crippen LogP contribution in [-0.4, -0.2) is 16.8 Å². The molecule has 0 heterocycles. The summed E-state index contributed by atoms with van der Waals surface area (Å²) in [6, 6.07) is 0. The van der Waals surface area contributed by atoms with Crippen molar-refractivity contribution < 1.29 is 9.59 Å². The summed E-state index contributed by atoms with van der Waals surface area (Å²) >= 11 is 1.42. The Hall–Kier alpha value is -1.29. The van der Waals surface area contributed by atoms with Gasteiger partial charge in [0.25, 0.3) is 0 Å². The van der Waals surface area contributed by atoms with E-state index in [1.807, 2.05) is 12.2 Å². The van der Waals surface area contributed by atoms with Crippen LogP contribution in [0.3, 0.4) is 0 Å². The van der Waals surface area contributed by atoms with Crippen molar-refractivity contribution in [2.45, 2.75) is 51.4 Å². The van der Waals surface area contributed by atoms with E-state index in [0.29, 0.717) is 12.8 Å². The molecule has 0 rings (SSSR count). The van der Waals surface area contributed by atoms with E-state index in [1.165, 1.54) is 11.8 Å². The Kier molecular flexibility index (Phi) is 12.8. The number of carbonyl (C=O) groups is 2. The molecule has 0 fully saturated rings. The van der Waals surface area contributed by atoms with Gasteiger partial charge in [0, 0.05) is 18.6 Å². The predicted octanol–water partition coefficient (Wildman–Crippen LogP) is 4.15. The van der Waals surface area contributed by atoms with Gasteiger partial charge in [-0.3, -0.25) is 9.59 Å². The van der Waals surface area contributed by atoms with E-state index in [2.05, 4.69) is 13.2 Å². The number of unbranched alkanes of at least 4 members (excludes halogenated alkanes) is 3. The molecular formula is C17H27NO2S. The van der Waals surface area contributed by atoms with Gasteiger partial charge < -0.3 is 5.73 Å². The van der Waals surface area contributed by atoms with Crippen LogP contribution in [0.1, 0.15) is 51.4 Å². The van der Waals surface area contributed by atoms with E-state index in [0.717, 1.165) is 49.9 Å². The smallest absolute Gasteiger partial charge is 0.217 e. The second-order valence-electron chi connectivity index (χ2n) is 4.89. The summed E-state index contributed by atoms with van der Waals surface area (Å²) in [5, 5.41) is 0.258. The van der Waals surface area contributed by atoms with Gasteiger partial charge in [-0.05, 0) is 31.3 Å². The molecule has 3 nitrogen and oxygen atoms in total. The Bertz CT molecular complexity index is 375. The molecule has 0 unspecified atom stereocenters. The van der Waals surface area contributed by atoms with Crippen LogP contribution < -0.4 is 5.73 Å². The molecule has 0 aromatic carbocycles.